The Bertz CT molecular complexity index is 481. The molecule has 0 aromatic heterocycles. The maximum atomic E-state index is 12.2. The van der Waals surface area contributed by atoms with Crippen LogP contribution in [0.25, 0.3) is 0 Å². The summed E-state index contributed by atoms with van der Waals surface area (Å²) in [5, 5.41) is 12.8. The SMILES string of the molecule is CC(NC(=O)N1CCC(C)C(O)C1)c1cccc(Br)c1. The van der Waals surface area contributed by atoms with Crippen LogP contribution in [-0.4, -0.2) is 35.2 Å². The Hall–Kier alpha value is -1.07. The first-order chi connectivity index (χ1) is 9.47. The molecule has 1 aromatic rings. The number of nitrogens with one attached hydrogen (secondary N) is 1. The lowest BCUT2D eigenvalue weighted by atomic mass is 9.96. The van der Waals surface area contributed by atoms with Gasteiger partial charge >= 0.3 is 6.03 Å². The van der Waals surface area contributed by atoms with E-state index in [0.29, 0.717) is 13.1 Å². The average Bonchev–Trinajstić information content (AvgIpc) is 2.41. The third-order valence-electron chi connectivity index (χ3n) is 3.89. The first-order valence-electron chi connectivity index (χ1n) is 6.96. The van der Waals surface area contributed by atoms with Gasteiger partial charge in [-0.25, -0.2) is 4.79 Å². The highest BCUT2D eigenvalue weighted by molar-refractivity contribution is 9.10. The van der Waals surface area contributed by atoms with Crippen LogP contribution in [0.15, 0.2) is 28.7 Å². The molecular weight excluding hydrogens is 320 g/mol. The van der Waals surface area contributed by atoms with E-state index in [4.69, 9.17) is 0 Å². The molecule has 0 spiro atoms. The second-order valence-electron chi connectivity index (χ2n) is 5.51. The molecule has 1 heterocycles. The van der Waals surface area contributed by atoms with Crippen LogP contribution in [0, 0.1) is 5.92 Å². The Morgan fingerprint density at radius 2 is 2.30 bits per heavy atom. The number of hydrogen-bond donors (Lipinski definition) is 2. The summed E-state index contributed by atoms with van der Waals surface area (Å²) in [5.41, 5.74) is 1.05. The van der Waals surface area contributed by atoms with E-state index in [0.717, 1.165) is 16.5 Å². The minimum absolute atomic E-state index is 0.0588. The van der Waals surface area contributed by atoms with Crippen molar-refractivity contribution in [1.82, 2.24) is 10.2 Å². The molecule has 0 bridgehead atoms. The highest BCUT2D eigenvalue weighted by Gasteiger charge is 2.27. The van der Waals surface area contributed by atoms with E-state index >= 15 is 0 Å². The number of aliphatic hydroxyl groups is 1. The monoisotopic (exact) mass is 340 g/mol. The zero-order valence-electron chi connectivity index (χ0n) is 11.8. The quantitative estimate of drug-likeness (QED) is 0.869. The average molecular weight is 341 g/mol. The maximum absolute atomic E-state index is 12.2. The number of likely N-dealkylation sites (tertiary alicyclic amines) is 1. The van der Waals surface area contributed by atoms with Crippen molar-refractivity contribution in [2.45, 2.75) is 32.4 Å². The van der Waals surface area contributed by atoms with E-state index in [1.807, 2.05) is 38.1 Å². The number of hydrogen-bond acceptors (Lipinski definition) is 2. The van der Waals surface area contributed by atoms with Gasteiger partial charge in [0, 0.05) is 17.6 Å². The maximum Gasteiger partial charge on any atom is 0.317 e. The number of benzene rings is 1. The summed E-state index contributed by atoms with van der Waals surface area (Å²) in [7, 11) is 0. The van der Waals surface area contributed by atoms with Crippen LogP contribution in [0.2, 0.25) is 0 Å². The lowest BCUT2D eigenvalue weighted by Gasteiger charge is -2.35. The molecule has 2 rings (SSSR count). The molecule has 3 unspecified atom stereocenters. The number of halogens is 1. The van der Waals surface area contributed by atoms with E-state index in [2.05, 4.69) is 21.2 Å². The fraction of sp³-hybridized carbons (Fsp3) is 0.533. The largest absolute Gasteiger partial charge is 0.391 e. The van der Waals surface area contributed by atoms with Gasteiger partial charge in [-0.3, -0.25) is 0 Å². The number of carbonyl (C=O) groups excluding carboxylic acids is 1. The van der Waals surface area contributed by atoms with Gasteiger partial charge in [-0.05, 0) is 37.0 Å². The van der Waals surface area contributed by atoms with E-state index in [9.17, 15) is 9.90 Å². The lowest BCUT2D eigenvalue weighted by molar-refractivity contribution is 0.0431. The number of nitrogens with zero attached hydrogens (tertiary/aromatic N) is 1. The molecule has 110 valence electrons. The highest BCUT2D eigenvalue weighted by Crippen LogP contribution is 2.20. The molecule has 20 heavy (non-hydrogen) atoms. The van der Waals surface area contributed by atoms with Crippen molar-refractivity contribution in [3.05, 3.63) is 34.3 Å². The van der Waals surface area contributed by atoms with Crippen molar-refractivity contribution in [2.24, 2.45) is 5.92 Å². The lowest BCUT2D eigenvalue weighted by Crippen LogP contribution is -2.50. The topological polar surface area (TPSA) is 52.6 Å². The predicted octanol–water partition coefficient (Wildman–Crippen LogP) is 2.92. The smallest absolute Gasteiger partial charge is 0.317 e. The van der Waals surface area contributed by atoms with Crippen molar-refractivity contribution in [2.75, 3.05) is 13.1 Å². The van der Waals surface area contributed by atoms with Crippen LogP contribution in [0.1, 0.15) is 31.9 Å². The molecule has 0 saturated carbocycles. The Balaban J connectivity index is 1.94. The number of amides is 2. The molecule has 5 heteroatoms. The van der Waals surface area contributed by atoms with Gasteiger partial charge in [0.15, 0.2) is 0 Å². The van der Waals surface area contributed by atoms with Gasteiger partial charge < -0.3 is 15.3 Å². The summed E-state index contributed by atoms with van der Waals surface area (Å²) in [6.45, 7) is 5.10. The minimum Gasteiger partial charge on any atom is -0.391 e. The summed E-state index contributed by atoms with van der Waals surface area (Å²) in [5.74, 6) is 0.265. The Labute approximate surface area is 128 Å². The van der Waals surface area contributed by atoms with Gasteiger partial charge in [0.05, 0.1) is 12.1 Å². The fourth-order valence-corrected chi connectivity index (χ4v) is 2.79. The number of piperidine rings is 1. The zero-order chi connectivity index (χ0) is 14.7. The van der Waals surface area contributed by atoms with Crippen molar-refractivity contribution in [3.8, 4) is 0 Å². The Morgan fingerprint density at radius 3 is 2.95 bits per heavy atom. The molecule has 0 radical (unpaired) electrons. The molecule has 2 N–H and O–H groups in total. The van der Waals surface area contributed by atoms with Crippen LogP contribution >= 0.6 is 15.9 Å². The summed E-state index contributed by atoms with van der Waals surface area (Å²) < 4.78 is 0.998. The molecule has 1 fully saturated rings. The third kappa shape index (κ3) is 3.73. The Morgan fingerprint density at radius 1 is 1.55 bits per heavy atom. The van der Waals surface area contributed by atoms with Crippen molar-refractivity contribution in [3.63, 3.8) is 0 Å². The molecule has 0 aliphatic carbocycles. The van der Waals surface area contributed by atoms with Crippen LogP contribution in [0.3, 0.4) is 0 Å². The zero-order valence-corrected chi connectivity index (χ0v) is 13.4. The molecular formula is C15H21BrN2O2. The van der Waals surface area contributed by atoms with Gasteiger partial charge in [0.1, 0.15) is 0 Å². The Kier molecular flexibility index (Phi) is 5.05. The van der Waals surface area contributed by atoms with Crippen LogP contribution < -0.4 is 5.32 Å². The molecule has 3 atom stereocenters. The molecule has 2 amide bonds. The second-order valence-corrected chi connectivity index (χ2v) is 6.42. The van der Waals surface area contributed by atoms with Gasteiger partial charge in [0.2, 0.25) is 0 Å². The minimum atomic E-state index is -0.421. The summed E-state index contributed by atoms with van der Waals surface area (Å²) in [4.78, 5) is 13.9. The number of urea groups is 1. The van der Waals surface area contributed by atoms with Crippen molar-refractivity contribution < 1.29 is 9.90 Å². The molecule has 1 aliphatic rings. The standard InChI is InChI=1S/C15H21BrN2O2/c1-10-6-7-18(9-14(10)19)15(20)17-11(2)12-4-3-5-13(16)8-12/h3-5,8,10-11,14,19H,6-7,9H2,1-2H3,(H,17,20). The predicted molar refractivity (Wildman–Crippen MR) is 82.4 cm³/mol. The van der Waals surface area contributed by atoms with E-state index in [1.54, 1.807) is 4.90 Å². The number of aliphatic hydroxyl groups excluding tert-OH is 1. The van der Waals surface area contributed by atoms with Crippen LogP contribution in [-0.2, 0) is 0 Å². The van der Waals surface area contributed by atoms with Crippen molar-refractivity contribution in [1.29, 1.82) is 0 Å². The molecule has 1 aromatic carbocycles. The normalized spacial score (nSPS) is 24.3. The van der Waals surface area contributed by atoms with Crippen LogP contribution in [0.5, 0.6) is 0 Å². The third-order valence-corrected chi connectivity index (χ3v) is 4.39. The molecule has 4 nitrogen and oxygen atoms in total. The van der Waals surface area contributed by atoms with E-state index in [-0.39, 0.29) is 18.0 Å². The first-order valence-corrected chi connectivity index (χ1v) is 7.75. The molecule has 1 aliphatic heterocycles. The first kappa shape index (κ1) is 15.3. The number of carbonyl (C=O) groups is 1. The van der Waals surface area contributed by atoms with Crippen LogP contribution in [0.4, 0.5) is 4.79 Å². The van der Waals surface area contributed by atoms with Crippen molar-refractivity contribution >= 4 is 22.0 Å². The summed E-state index contributed by atoms with van der Waals surface area (Å²) in [6.07, 6.45) is 0.426. The number of rotatable bonds is 2. The van der Waals surface area contributed by atoms with Gasteiger partial charge in [-0.2, -0.15) is 0 Å². The summed E-state index contributed by atoms with van der Waals surface area (Å²) in [6, 6.07) is 7.73. The van der Waals surface area contributed by atoms with E-state index < -0.39 is 6.10 Å². The van der Waals surface area contributed by atoms with Gasteiger partial charge in [-0.15, -0.1) is 0 Å². The summed E-state index contributed by atoms with van der Waals surface area (Å²) >= 11 is 3.43. The second kappa shape index (κ2) is 6.59. The highest BCUT2D eigenvalue weighted by atomic mass is 79.9. The van der Waals surface area contributed by atoms with Gasteiger partial charge in [0.25, 0.3) is 0 Å². The fourth-order valence-electron chi connectivity index (χ4n) is 2.37. The molecule has 1 saturated heterocycles. The van der Waals surface area contributed by atoms with E-state index in [1.165, 1.54) is 0 Å². The number of β-amino-alcohol motifs (C(OH)–C–C–N with tert-alkyl or cyclic N) is 1. The van der Waals surface area contributed by atoms with Gasteiger partial charge in [-0.1, -0.05) is 35.0 Å².